The maximum Gasteiger partial charge on any atom is 0.257 e. The van der Waals surface area contributed by atoms with Gasteiger partial charge in [-0.1, -0.05) is 6.07 Å². The van der Waals surface area contributed by atoms with E-state index in [1.54, 1.807) is 17.0 Å². The number of hydrogen-bond acceptors (Lipinski definition) is 3. The van der Waals surface area contributed by atoms with E-state index in [2.05, 4.69) is 5.32 Å². The quantitative estimate of drug-likeness (QED) is 0.873. The molecule has 4 heteroatoms. The van der Waals surface area contributed by atoms with E-state index in [0.29, 0.717) is 11.5 Å². The number of carbonyl (C=O) groups is 1. The number of rotatable bonds is 3. The number of phenolic OH excluding ortho intramolecular Hbond substituents is 1. The van der Waals surface area contributed by atoms with Gasteiger partial charge >= 0.3 is 0 Å². The van der Waals surface area contributed by atoms with Crippen LogP contribution in [0.3, 0.4) is 0 Å². The largest absolute Gasteiger partial charge is 0.507 e. The van der Waals surface area contributed by atoms with Crippen LogP contribution in [0.25, 0.3) is 0 Å². The average molecular weight is 262 g/mol. The van der Waals surface area contributed by atoms with Gasteiger partial charge in [-0.05, 0) is 56.5 Å². The SMILES string of the molecule is Cc1ccc(C(=O)N(C)CC2CCNCC2)c(O)c1. The summed E-state index contributed by atoms with van der Waals surface area (Å²) in [6.45, 7) is 4.71. The first kappa shape index (κ1) is 13.9. The van der Waals surface area contributed by atoms with E-state index >= 15 is 0 Å². The summed E-state index contributed by atoms with van der Waals surface area (Å²) in [5, 5.41) is 13.2. The molecule has 1 heterocycles. The molecule has 0 aliphatic carbocycles. The van der Waals surface area contributed by atoms with Crippen LogP contribution in [0, 0.1) is 12.8 Å². The summed E-state index contributed by atoms with van der Waals surface area (Å²) in [4.78, 5) is 14.0. The Hall–Kier alpha value is -1.55. The highest BCUT2D eigenvalue weighted by Crippen LogP contribution is 2.21. The molecule has 1 amide bonds. The number of aromatic hydroxyl groups is 1. The minimum atomic E-state index is -0.101. The van der Waals surface area contributed by atoms with Crippen LogP contribution in [0.1, 0.15) is 28.8 Å². The van der Waals surface area contributed by atoms with Crippen molar-refractivity contribution < 1.29 is 9.90 Å². The van der Waals surface area contributed by atoms with Crippen molar-refractivity contribution in [3.8, 4) is 5.75 Å². The van der Waals surface area contributed by atoms with Gasteiger partial charge in [0.1, 0.15) is 5.75 Å². The smallest absolute Gasteiger partial charge is 0.257 e. The second-order valence-electron chi connectivity index (χ2n) is 5.40. The first-order chi connectivity index (χ1) is 9.08. The molecule has 2 N–H and O–H groups in total. The van der Waals surface area contributed by atoms with Gasteiger partial charge in [0.05, 0.1) is 5.56 Å². The number of benzene rings is 1. The fourth-order valence-electron chi connectivity index (χ4n) is 2.56. The molecule has 0 saturated carbocycles. The van der Waals surface area contributed by atoms with Crippen LogP contribution in [-0.2, 0) is 0 Å². The van der Waals surface area contributed by atoms with E-state index in [4.69, 9.17) is 0 Å². The number of nitrogens with zero attached hydrogens (tertiary/aromatic N) is 1. The molecule has 2 rings (SSSR count). The molecule has 1 aromatic carbocycles. The van der Waals surface area contributed by atoms with Crippen LogP contribution in [0.15, 0.2) is 18.2 Å². The maximum absolute atomic E-state index is 12.3. The average Bonchev–Trinajstić information content (AvgIpc) is 2.39. The first-order valence-corrected chi connectivity index (χ1v) is 6.83. The van der Waals surface area contributed by atoms with Crippen LogP contribution in [-0.4, -0.2) is 42.6 Å². The number of carbonyl (C=O) groups excluding carboxylic acids is 1. The van der Waals surface area contributed by atoms with E-state index in [9.17, 15) is 9.90 Å². The molecule has 1 fully saturated rings. The third kappa shape index (κ3) is 3.47. The van der Waals surface area contributed by atoms with Crippen LogP contribution in [0.2, 0.25) is 0 Å². The van der Waals surface area contributed by atoms with Gasteiger partial charge in [-0.25, -0.2) is 0 Å². The van der Waals surface area contributed by atoms with Crippen molar-refractivity contribution in [1.82, 2.24) is 10.2 Å². The van der Waals surface area contributed by atoms with Crippen molar-refractivity contribution in [3.63, 3.8) is 0 Å². The van der Waals surface area contributed by atoms with Gasteiger partial charge in [-0.15, -0.1) is 0 Å². The predicted octanol–water partition coefficient (Wildman–Crippen LogP) is 1.77. The minimum Gasteiger partial charge on any atom is -0.507 e. The lowest BCUT2D eigenvalue weighted by molar-refractivity contribution is 0.0760. The fraction of sp³-hybridized carbons (Fsp3) is 0.533. The van der Waals surface area contributed by atoms with Gasteiger partial charge in [-0.2, -0.15) is 0 Å². The van der Waals surface area contributed by atoms with Crippen molar-refractivity contribution >= 4 is 5.91 Å². The van der Waals surface area contributed by atoms with E-state index in [-0.39, 0.29) is 11.7 Å². The van der Waals surface area contributed by atoms with Gasteiger partial charge in [0, 0.05) is 13.6 Å². The molecular weight excluding hydrogens is 240 g/mol. The molecule has 0 bridgehead atoms. The molecule has 0 aromatic heterocycles. The molecule has 0 unspecified atom stereocenters. The number of piperidine rings is 1. The third-order valence-electron chi connectivity index (χ3n) is 3.72. The van der Waals surface area contributed by atoms with Crippen molar-refractivity contribution in [3.05, 3.63) is 29.3 Å². The number of amides is 1. The fourth-order valence-corrected chi connectivity index (χ4v) is 2.56. The number of nitrogens with one attached hydrogen (secondary N) is 1. The lowest BCUT2D eigenvalue weighted by Gasteiger charge is -2.27. The second-order valence-corrected chi connectivity index (χ2v) is 5.40. The monoisotopic (exact) mass is 262 g/mol. The Morgan fingerprint density at radius 2 is 2.11 bits per heavy atom. The molecular formula is C15H22N2O2. The Bertz CT molecular complexity index is 453. The third-order valence-corrected chi connectivity index (χ3v) is 3.72. The number of hydrogen-bond donors (Lipinski definition) is 2. The second kappa shape index (κ2) is 6.06. The maximum atomic E-state index is 12.3. The molecule has 1 saturated heterocycles. The molecule has 104 valence electrons. The van der Waals surface area contributed by atoms with E-state index in [0.717, 1.165) is 38.0 Å². The molecule has 1 aromatic rings. The Kier molecular flexibility index (Phi) is 4.43. The number of aryl methyl sites for hydroxylation is 1. The Morgan fingerprint density at radius 3 is 2.74 bits per heavy atom. The van der Waals surface area contributed by atoms with Gasteiger partial charge in [0.25, 0.3) is 5.91 Å². The normalized spacial score (nSPS) is 16.3. The summed E-state index contributed by atoms with van der Waals surface area (Å²) in [7, 11) is 1.81. The molecule has 1 aliphatic rings. The Morgan fingerprint density at radius 1 is 1.42 bits per heavy atom. The lowest BCUT2D eigenvalue weighted by atomic mass is 9.97. The lowest BCUT2D eigenvalue weighted by Crippen LogP contribution is -2.37. The summed E-state index contributed by atoms with van der Waals surface area (Å²) >= 11 is 0. The predicted molar refractivity (Wildman–Crippen MR) is 75.4 cm³/mol. The highest BCUT2D eigenvalue weighted by Gasteiger charge is 2.20. The molecule has 0 radical (unpaired) electrons. The Balaban J connectivity index is 2.01. The summed E-state index contributed by atoms with van der Waals surface area (Å²) in [5.74, 6) is 0.529. The van der Waals surface area contributed by atoms with Crippen molar-refractivity contribution in [2.45, 2.75) is 19.8 Å². The summed E-state index contributed by atoms with van der Waals surface area (Å²) < 4.78 is 0. The van der Waals surface area contributed by atoms with Crippen LogP contribution < -0.4 is 5.32 Å². The molecule has 19 heavy (non-hydrogen) atoms. The Labute approximate surface area is 114 Å². The molecule has 1 aliphatic heterocycles. The van der Waals surface area contributed by atoms with Crippen LogP contribution in [0.4, 0.5) is 0 Å². The zero-order valence-electron chi connectivity index (χ0n) is 11.6. The van der Waals surface area contributed by atoms with Gasteiger partial charge in [-0.3, -0.25) is 4.79 Å². The van der Waals surface area contributed by atoms with Crippen molar-refractivity contribution in [2.75, 3.05) is 26.7 Å². The van der Waals surface area contributed by atoms with Crippen molar-refractivity contribution in [1.29, 1.82) is 0 Å². The first-order valence-electron chi connectivity index (χ1n) is 6.83. The van der Waals surface area contributed by atoms with E-state index < -0.39 is 0 Å². The highest BCUT2D eigenvalue weighted by atomic mass is 16.3. The van der Waals surface area contributed by atoms with E-state index in [1.807, 2.05) is 20.0 Å². The van der Waals surface area contributed by atoms with E-state index in [1.165, 1.54) is 0 Å². The zero-order chi connectivity index (χ0) is 13.8. The van der Waals surface area contributed by atoms with Gasteiger partial charge in [0.2, 0.25) is 0 Å². The molecule has 0 spiro atoms. The topological polar surface area (TPSA) is 52.6 Å². The summed E-state index contributed by atoms with van der Waals surface area (Å²) in [6.07, 6.45) is 2.22. The summed E-state index contributed by atoms with van der Waals surface area (Å²) in [5.41, 5.74) is 1.34. The van der Waals surface area contributed by atoms with Gasteiger partial charge < -0.3 is 15.3 Å². The standard InChI is InChI=1S/C15H22N2O2/c1-11-3-4-13(14(18)9-11)15(19)17(2)10-12-5-7-16-8-6-12/h3-4,9,12,16,18H,5-8,10H2,1-2H3. The summed E-state index contributed by atoms with van der Waals surface area (Å²) in [6, 6.07) is 5.18. The molecule has 4 nitrogen and oxygen atoms in total. The van der Waals surface area contributed by atoms with Gasteiger partial charge in [0.15, 0.2) is 0 Å². The van der Waals surface area contributed by atoms with Crippen molar-refractivity contribution in [2.24, 2.45) is 5.92 Å². The van der Waals surface area contributed by atoms with Crippen LogP contribution in [0.5, 0.6) is 5.75 Å². The van der Waals surface area contributed by atoms with Crippen LogP contribution >= 0.6 is 0 Å². The highest BCUT2D eigenvalue weighted by molar-refractivity contribution is 5.96. The zero-order valence-corrected chi connectivity index (χ0v) is 11.6. The number of phenols is 1. The minimum absolute atomic E-state index is 0.0714. The molecule has 0 atom stereocenters.